The number of H-pyrrole nitrogens is 1. The first-order chi connectivity index (χ1) is 11.2. The van der Waals surface area contributed by atoms with Crippen molar-refractivity contribution in [1.29, 1.82) is 0 Å². The van der Waals surface area contributed by atoms with E-state index in [0.29, 0.717) is 5.15 Å². The summed E-state index contributed by atoms with van der Waals surface area (Å²) in [5, 5.41) is 6.38. The number of halogens is 1. The van der Waals surface area contributed by atoms with Gasteiger partial charge in [-0.2, -0.15) is 5.10 Å². The molecule has 23 heavy (non-hydrogen) atoms. The second-order valence-electron chi connectivity index (χ2n) is 5.49. The van der Waals surface area contributed by atoms with E-state index in [2.05, 4.69) is 21.1 Å². The lowest BCUT2D eigenvalue weighted by atomic mass is 10.1. The number of pyridine rings is 1. The van der Waals surface area contributed by atoms with Crippen LogP contribution in [0.1, 0.15) is 16.8 Å². The van der Waals surface area contributed by atoms with Gasteiger partial charge in [-0.1, -0.05) is 29.8 Å². The topological polar surface area (TPSA) is 46.5 Å². The van der Waals surface area contributed by atoms with Crippen LogP contribution in [-0.2, 0) is 6.42 Å². The quantitative estimate of drug-likeness (QED) is 0.611. The van der Waals surface area contributed by atoms with Gasteiger partial charge in [-0.05, 0) is 36.8 Å². The molecule has 0 saturated carbocycles. The number of para-hydroxylation sites is 1. The molecule has 1 N–H and O–H groups in total. The minimum atomic E-state index is 0.659. The average Bonchev–Trinajstić information content (AvgIpc) is 3.12. The standard InChI is InChI=1S/C18H15ClN4/c1-12-16(10-13-11-21-18-15(13)8-5-9-20-18)17(19)23(22-12)14-6-3-2-4-7-14/h2-9,11H,10H2,1H3,(H,20,21). The smallest absolute Gasteiger partial charge is 0.137 e. The van der Waals surface area contributed by atoms with Crippen LogP contribution in [0.5, 0.6) is 0 Å². The maximum Gasteiger partial charge on any atom is 0.137 e. The van der Waals surface area contributed by atoms with Gasteiger partial charge in [0.1, 0.15) is 10.8 Å². The number of hydrogen-bond donors (Lipinski definition) is 1. The van der Waals surface area contributed by atoms with E-state index in [9.17, 15) is 0 Å². The van der Waals surface area contributed by atoms with Crippen LogP contribution in [0.3, 0.4) is 0 Å². The first-order valence-electron chi connectivity index (χ1n) is 7.44. The van der Waals surface area contributed by atoms with E-state index in [1.54, 1.807) is 10.9 Å². The monoisotopic (exact) mass is 322 g/mol. The van der Waals surface area contributed by atoms with Crippen LogP contribution < -0.4 is 0 Å². The highest BCUT2D eigenvalue weighted by Crippen LogP contribution is 2.28. The molecule has 0 radical (unpaired) electrons. The van der Waals surface area contributed by atoms with Crippen molar-refractivity contribution in [2.45, 2.75) is 13.3 Å². The summed E-state index contributed by atoms with van der Waals surface area (Å²) in [7, 11) is 0. The van der Waals surface area contributed by atoms with Gasteiger partial charge in [0.15, 0.2) is 0 Å². The number of rotatable bonds is 3. The van der Waals surface area contributed by atoms with Gasteiger partial charge in [-0.15, -0.1) is 0 Å². The third-order valence-electron chi connectivity index (χ3n) is 4.03. The molecular formula is C18H15ClN4. The zero-order valence-electron chi connectivity index (χ0n) is 12.6. The van der Waals surface area contributed by atoms with E-state index >= 15 is 0 Å². The van der Waals surface area contributed by atoms with Crippen molar-refractivity contribution in [2.24, 2.45) is 0 Å². The van der Waals surface area contributed by atoms with Crippen molar-refractivity contribution in [3.8, 4) is 5.69 Å². The summed E-state index contributed by atoms with van der Waals surface area (Å²) in [4.78, 5) is 7.54. The van der Waals surface area contributed by atoms with Gasteiger partial charge in [0, 0.05) is 29.8 Å². The molecule has 0 aliphatic carbocycles. The lowest BCUT2D eigenvalue weighted by Gasteiger charge is -2.03. The van der Waals surface area contributed by atoms with Gasteiger partial charge in [0.05, 0.1) is 11.4 Å². The van der Waals surface area contributed by atoms with Crippen molar-refractivity contribution in [1.82, 2.24) is 19.7 Å². The maximum atomic E-state index is 6.61. The summed E-state index contributed by atoms with van der Waals surface area (Å²) in [6.07, 6.45) is 4.50. The Balaban J connectivity index is 1.77. The first kappa shape index (κ1) is 14.0. The second kappa shape index (κ2) is 5.56. The van der Waals surface area contributed by atoms with Crippen molar-refractivity contribution >= 4 is 22.6 Å². The van der Waals surface area contributed by atoms with E-state index in [1.165, 1.54) is 5.56 Å². The van der Waals surface area contributed by atoms with Crippen LogP contribution >= 0.6 is 11.6 Å². The Morgan fingerprint density at radius 2 is 1.96 bits per heavy atom. The first-order valence-corrected chi connectivity index (χ1v) is 7.82. The van der Waals surface area contributed by atoms with Crippen molar-refractivity contribution in [3.63, 3.8) is 0 Å². The van der Waals surface area contributed by atoms with Crippen molar-refractivity contribution in [2.75, 3.05) is 0 Å². The van der Waals surface area contributed by atoms with Crippen molar-refractivity contribution < 1.29 is 0 Å². The molecule has 0 saturated heterocycles. The molecule has 114 valence electrons. The molecule has 0 aliphatic rings. The fourth-order valence-electron chi connectivity index (χ4n) is 2.82. The zero-order valence-corrected chi connectivity index (χ0v) is 13.4. The molecule has 4 aromatic rings. The number of aromatic nitrogens is 4. The molecule has 4 nitrogen and oxygen atoms in total. The van der Waals surface area contributed by atoms with Gasteiger partial charge in [0.25, 0.3) is 0 Å². The van der Waals surface area contributed by atoms with Crippen LogP contribution in [-0.4, -0.2) is 19.7 Å². The van der Waals surface area contributed by atoms with Gasteiger partial charge < -0.3 is 4.98 Å². The molecule has 3 heterocycles. The molecule has 0 amide bonds. The molecule has 0 fully saturated rings. The van der Waals surface area contributed by atoms with Gasteiger partial charge in [0.2, 0.25) is 0 Å². The Kier molecular flexibility index (Phi) is 3.39. The number of fused-ring (bicyclic) bond motifs is 1. The van der Waals surface area contributed by atoms with Gasteiger partial charge in [-0.25, -0.2) is 9.67 Å². The summed E-state index contributed by atoms with van der Waals surface area (Å²) in [6.45, 7) is 1.99. The van der Waals surface area contributed by atoms with E-state index in [4.69, 9.17) is 11.6 Å². The van der Waals surface area contributed by atoms with E-state index in [0.717, 1.165) is 34.4 Å². The molecule has 0 bridgehead atoms. The fraction of sp³-hybridized carbons (Fsp3) is 0.111. The van der Waals surface area contributed by atoms with Crippen LogP contribution in [0, 0.1) is 6.92 Å². The van der Waals surface area contributed by atoms with Crippen LogP contribution in [0.4, 0.5) is 0 Å². The number of aromatic amines is 1. The molecule has 0 aliphatic heterocycles. The predicted molar refractivity (Wildman–Crippen MR) is 92.2 cm³/mol. The highest BCUT2D eigenvalue weighted by molar-refractivity contribution is 6.30. The summed E-state index contributed by atoms with van der Waals surface area (Å²) in [6, 6.07) is 13.9. The van der Waals surface area contributed by atoms with Crippen molar-refractivity contribution in [3.05, 3.63) is 76.8 Å². The van der Waals surface area contributed by atoms with Crippen LogP contribution in [0.25, 0.3) is 16.7 Å². The highest BCUT2D eigenvalue weighted by Gasteiger charge is 2.16. The average molecular weight is 323 g/mol. The largest absolute Gasteiger partial charge is 0.346 e. The zero-order chi connectivity index (χ0) is 15.8. The normalized spacial score (nSPS) is 11.2. The lowest BCUT2D eigenvalue weighted by Crippen LogP contribution is -1.96. The molecule has 0 atom stereocenters. The second-order valence-corrected chi connectivity index (χ2v) is 5.85. The number of nitrogens with one attached hydrogen (secondary N) is 1. The number of nitrogens with zero attached hydrogens (tertiary/aromatic N) is 3. The SMILES string of the molecule is Cc1nn(-c2ccccc2)c(Cl)c1Cc1c[nH]c2ncccc12. The molecular weight excluding hydrogens is 308 g/mol. The van der Waals surface area contributed by atoms with E-state index in [1.807, 2.05) is 49.5 Å². The number of benzene rings is 1. The lowest BCUT2D eigenvalue weighted by molar-refractivity contribution is 0.863. The Morgan fingerprint density at radius 1 is 1.13 bits per heavy atom. The molecule has 0 unspecified atom stereocenters. The summed E-state index contributed by atoms with van der Waals surface area (Å²) >= 11 is 6.61. The van der Waals surface area contributed by atoms with Crippen LogP contribution in [0.2, 0.25) is 5.15 Å². The van der Waals surface area contributed by atoms with Gasteiger partial charge >= 0.3 is 0 Å². The highest BCUT2D eigenvalue weighted by atomic mass is 35.5. The third-order valence-corrected chi connectivity index (χ3v) is 4.41. The molecule has 4 rings (SSSR count). The number of hydrogen-bond acceptors (Lipinski definition) is 2. The molecule has 5 heteroatoms. The Labute approximate surface area is 138 Å². The Hall–Kier alpha value is -2.59. The Morgan fingerprint density at radius 3 is 2.78 bits per heavy atom. The summed E-state index contributed by atoms with van der Waals surface area (Å²) < 4.78 is 1.79. The minimum Gasteiger partial charge on any atom is -0.346 e. The molecule has 0 spiro atoms. The third kappa shape index (κ3) is 2.41. The summed E-state index contributed by atoms with van der Waals surface area (Å²) in [5.74, 6) is 0. The predicted octanol–water partition coefficient (Wildman–Crippen LogP) is 4.30. The molecule has 1 aromatic carbocycles. The summed E-state index contributed by atoms with van der Waals surface area (Å²) in [5.41, 5.74) is 5.02. The van der Waals surface area contributed by atoms with Crippen LogP contribution in [0.15, 0.2) is 54.9 Å². The molecule has 3 aromatic heterocycles. The number of aryl methyl sites for hydroxylation is 1. The Bertz CT molecular complexity index is 969. The van der Waals surface area contributed by atoms with E-state index in [-0.39, 0.29) is 0 Å². The fourth-order valence-corrected chi connectivity index (χ4v) is 3.16. The van der Waals surface area contributed by atoms with E-state index < -0.39 is 0 Å². The minimum absolute atomic E-state index is 0.659. The maximum absolute atomic E-state index is 6.61. The van der Waals surface area contributed by atoms with Gasteiger partial charge in [-0.3, -0.25) is 0 Å².